The van der Waals surface area contributed by atoms with Crippen molar-refractivity contribution in [1.29, 1.82) is 0 Å². The normalized spacial score (nSPS) is 20.6. The zero-order valence-electron chi connectivity index (χ0n) is 20.1. The summed E-state index contributed by atoms with van der Waals surface area (Å²) in [5, 5.41) is 0. The lowest BCUT2D eigenvalue weighted by Crippen LogP contribution is -2.53. The topological polar surface area (TPSA) is 118 Å². The molecule has 2 aromatic carbocycles. The van der Waals surface area contributed by atoms with Crippen molar-refractivity contribution < 1.29 is 25.3 Å². The van der Waals surface area contributed by atoms with Crippen molar-refractivity contribution in [2.24, 2.45) is 0 Å². The second-order valence-corrected chi connectivity index (χ2v) is 15.1. The van der Waals surface area contributed by atoms with E-state index in [4.69, 9.17) is 0 Å². The van der Waals surface area contributed by atoms with Gasteiger partial charge in [0.2, 0.25) is 20.0 Å². The van der Waals surface area contributed by atoms with Crippen LogP contribution in [-0.2, 0) is 29.9 Å². The Bertz CT molecular complexity index is 1420. The fourth-order valence-corrected chi connectivity index (χ4v) is 10.0. The van der Waals surface area contributed by atoms with E-state index in [1.54, 1.807) is 45.0 Å². The van der Waals surface area contributed by atoms with Crippen LogP contribution in [0, 0.1) is 27.7 Å². The van der Waals surface area contributed by atoms with Gasteiger partial charge in [-0.3, -0.25) is 0 Å². The minimum atomic E-state index is -4.10. The van der Waals surface area contributed by atoms with Gasteiger partial charge in [-0.25, -0.2) is 30.0 Å². The molecule has 0 aromatic heterocycles. The smallest absolute Gasteiger partial charge is 0.229 e. The van der Waals surface area contributed by atoms with Crippen molar-refractivity contribution in [2.75, 3.05) is 24.6 Å². The second kappa shape index (κ2) is 9.34. The Morgan fingerprint density at radius 2 is 1.44 bits per heavy atom. The van der Waals surface area contributed by atoms with Gasteiger partial charge in [0.1, 0.15) is 0 Å². The Labute approximate surface area is 203 Å². The Balaban J connectivity index is 1.94. The zero-order valence-corrected chi connectivity index (χ0v) is 22.6. The first-order valence-electron chi connectivity index (χ1n) is 10.9. The van der Waals surface area contributed by atoms with Crippen molar-refractivity contribution in [3.8, 4) is 0 Å². The summed E-state index contributed by atoms with van der Waals surface area (Å²) in [4.78, 5) is 0.206. The SMILES string of the molecule is Cc1ccc(S(=O)(=O)NCCN([C@@]2(C)CCS(=O)(=O)C2)S(=O)(=O)c2ccc(C)cc2C)c(C)c1. The fraction of sp³-hybridized carbons (Fsp3) is 0.478. The lowest BCUT2D eigenvalue weighted by molar-refractivity contribution is 0.236. The molecule has 0 aliphatic carbocycles. The molecule has 0 spiro atoms. The maximum absolute atomic E-state index is 13.7. The van der Waals surface area contributed by atoms with Gasteiger partial charge < -0.3 is 0 Å². The standard InChI is InChI=1S/C23H32N2O6S3/c1-17-6-8-21(19(3)14-17)33(28,29)24-11-12-25(23(5)10-13-32(26,27)16-23)34(30,31)22-9-7-18(2)15-20(22)4/h6-9,14-15,24H,10-13,16H2,1-5H3/t23-/m0/s1. The van der Waals surface area contributed by atoms with E-state index in [1.807, 2.05) is 13.8 Å². The van der Waals surface area contributed by atoms with Gasteiger partial charge in [0.05, 0.1) is 21.3 Å². The van der Waals surface area contributed by atoms with Crippen molar-refractivity contribution >= 4 is 29.9 Å². The minimum absolute atomic E-state index is 0.0841. The second-order valence-electron chi connectivity index (χ2n) is 9.35. The highest BCUT2D eigenvalue weighted by Gasteiger charge is 2.48. The van der Waals surface area contributed by atoms with Crippen LogP contribution < -0.4 is 4.72 Å². The molecule has 1 atom stereocenters. The molecule has 1 saturated heterocycles. The van der Waals surface area contributed by atoms with Crippen LogP contribution in [0.15, 0.2) is 46.2 Å². The molecule has 11 heteroatoms. The molecule has 0 unspecified atom stereocenters. The lowest BCUT2D eigenvalue weighted by Gasteiger charge is -2.36. The van der Waals surface area contributed by atoms with Gasteiger partial charge in [-0.15, -0.1) is 0 Å². The minimum Gasteiger partial charge on any atom is -0.229 e. The van der Waals surface area contributed by atoms with Crippen LogP contribution in [-0.4, -0.2) is 59.7 Å². The molecule has 1 N–H and O–H groups in total. The first-order chi connectivity index (χ1) is 15.6. The van der Waals surface area contributed by atoms with Gasteiger partial charge in [0.15, 0.2) is 9.84 Å². The molecule has 1 aliphatic heterocycles. The number of sulfonamides is 2. The van der Waals surface area contributed by atoms with Crippen molar-refractivity contribution in [3.63, 3.8) is 0 Å². The van der Waals surface area contributed by atoms with Crippen LogP contribution in [0.2, 0.25) is 0 Å². The van der Waals surface area contributed by atoms with Gasteiger partial charge in [-0.05, 0) is 64.3 Å². The summed E-state index contributed by atoms with van der Waals surface area (Å²) in [7, 11) is -11.4. The molecule has 1 aliphatic rings. The van der Waals surface area contributed by atoms with E-state index in [-0.39, 0.29) is 40.8 Å². The van der Waals surface area contributed by atoms with Crippen LogP contribution >= 0.6 is 0 Å². The fourth-order valence-electron chi connectivity index (χ4n) is 4.54. The average molecular weight is 529 g/mol. The molecule has 0 bridgehead atoms. The largest absolute Gasteiger partial charge is 0.243 e. The number of rotatable bonds is 8. The zero-order chi connectivity index (χ0) is 25.5. The summed E-state index contributed by atoms with van der Waals surface area (Å²) in [5.41, 5.74) is 1.78. The third-order valence-corrected chi connectivity index (χ3v) is 11.9. The number of hydrogen-bond acceptors (Lipinski definition) is 6. The summed E-state index contributed by atoms with van der Waals surface area (Å²) in [5.74, 6) is -0.426. The highest BCUT2D eigenvalue weighted by molar-refractivity contribution is 7.92. The van der Waals surface area contributed by atoms with E-state index in [0.717, 1.165) is 15.4 Å². The molecule has 1 heterocycles. The number of sulfone groups is 1. The van der Waals surface area contributed by atoms with Gasteiger partial charge in [-0.2, -0.15) is 4.31 Å². The lowest BCUT2D eigenvalue weighted by atomic mass is 10.0. The molecule has 0 radical (unpaired) electrons. The van der Waals surface area contributed by atoms with Crippen LogP contribution in [0.1, 0.15) is 35.6 Å². The average Bonchev–Trinajstić information content (AvgIpc) is 2.97. The third-order valence-electron chi connectivity index (χ3n) is 6.21. The molecule has 2 aromatic rings. The third kappa shape index (κ3) is 5.54. The molecule has 8 nitrogen and oxygen atoms in total. The molecular formula is C23H32N2O6S3. The molecule has 1 fully saturated rings. The molecule has 188 valence electrons. The van der Waals surface area contributed by atoms with Crippen LogP contribution in [0.4, 0.5) is 0 Å². The van der Waals surface area contributed by atoms with Crippen LogP contribution in [0.25, 0.3) is 0 Å². The Morgan fingerprint density at radius 3 is 1.91 bits per heavy atom. The van der Waals surface area contributed by atoms with Gasteiger partial charge in [-0.1, -0.05) is 35.4 Å². The Morgan fingerprint density at radius 1 is 0.912 bits per heavy atom. The summed E-state index contributed by atoms with van der Waals surface area (Å²) in [6.07, 6.45) is 0.142. The monoisotopic (exact) mass is 528 g/mol. The summed E-state index contributed by atoms with van der Waals surface area (Å²) >= 11 is 0. The maximum Gasteiger partial charge on any atom is 0.243 e. The van der Waals surface area contributed by atoms with Crippen molar-refractivity contribution in [1.82, 2.24) is 9.03 Å². The maximum atomic E-state index is 13.7. The quantitative estimate of drug-likeness (QED) is 0.562. The molecule has 34 heavy (non-hydrogen) atoms. The van der Waals surface area contributed by atoms with E-state index < -0.39 is 35.4 Å². The number of nitrogens with one attached hydrogen (secondary N) is 1. The first-order valence-corrected chi connectivity index (χ1v) is 15.7. The van der Waals surface area contributed by atoms with Crippen LogP contribution in [0.5, 0.6) is 0 Å². The molecule has 0 amide bonds. The summed E-state index contributed by atoms with van der Waals surface area (Å²) in [6, 6.07) is 9.93. The highest BCUT2D eigenvalue weighted by atomic mass is 32.2. The summed E-state index contributed by atoms with van der Waals surface area (Å²) in [6.45, 7) is 8.31. The summed E-state index contributed by atoms with van der Waals surface area (Å²) < 4.78 is 81.5. The van der Waals surface area contributed by atoms with Gasteiger partial charge >= 0.3 is 0 Å². The van der Waals surface area contributed by atoms with E-state index in [0.29, 0.717) is 11.1 Å². The number of benzene rings is 2. The van der Waals surface area contributed by atoms with E-state index in [2.05, 4.69) is 4.72 Å². The van der Waals surface area contributed by atoms with E-state index in [9.17, 15) is 25.3 Å². The predicted octanol–water partition coefficient (Wildman–Crippen LogP) is 2.47. The Hall–Kier alpha value is -1.79. The number of hydrogen-bond donors (Lipinski definition) is 1. The molecule has 3 rings (SSSR count). The molecule has 0 saturated carbocycles. The van der Waals surface area contributed by atoms with E-state index in [1.165, 1.54) is 12.1 Å². The number of nitrogens with zero attached hydrogens (tertiary/aromatic N) is 1. The van der Waals surface area contributed by atoms with Crippen LogP contribution in [0.3, 0.4) is 0 Å². The predicted molar refractivity (Wildman–Crippen MR) is 133 cm³/mol. The van der Waals surface area contributed by atoms with Gasteiger partial charge in [0, 0.05) is 18.6 Å². The Kier molecular flexibility index (Phi) is 7.37. The van der Waals surface area contributed by atoms with Crippen molar-refractivity contribution in [3.05, 3.63) is 58.7 Å². The first kappa shape index (κ1) is 26.8. The van der Waals surface area contributed by atoms with Gasteiger partial charge in [0.25, 0.3) is 0 Å². The van der Waals surface area contributed by atoms with Crippen molar-refractivity contribution in [2.45, 2.75) is 56.4 Å². The number of aryl methyl sites for hydroxylation is 4. The highest BCUT2D eigenvalue weighted by Crippen LogP contribution is 2.35. The van der Waals surface area contributed by atoms with E-state index >= 15 is 0 Å². The molecular weight excluding hydrogens is 496 g/mol.